The van der Waals surface area contributed by atoms with Gasteiger partial charge in [-0.3, -0.25) is 0 Å². The van der Waals surface area contributed by atoms with E-state index in [0.717, 1.165) is 44.3 Å². The minimum Gasteiger partial charge on any atom is -0.388 e. The highest BCUT2D eigenvalue weighted by atomic mass is 16.3. The lowest BCUT2D eigenvalue weighted by Gasteiger charge is -2.22. The number of benzene rings is 1. The predicted octanol–water partition coefficient (Wildman–Crippen LogP) is 3.38. The molecule has 1 unspecified atom stereocenters. The molecule has 3 rings (SSSR count). The summed E-state index contributed by atoms with van der Waals surface area (Å²) in [4.78, 5) is 2.30. The number of hydrogen-bond acceptors (Lipinski definition) is 2. The van der Waals surface area contributed by atoms with Crippen molar-refractivity contribution in [3.8, 4) is 0 Å². The largest absolute Gasteiger partial charge is 0.388 e. The summed E-state index contributed by atoms with van der Waals surface area (Å²) in [6.07, 6.45) is 6.12. The monoisotopic (exact) mass is 284 g/mol. The first kappa shape index (κ1) is 14.2. The summed E-state index contributed by atoms with van der Waals surface area (Å²) in [7, 11) is 2.14. The average molecular weight is 284 g/mol. The Labute approximate surface area is 126 Å². The summed E-state index contributed by atoms with van der Waals surface area (Å²) in [5.74, 6) is 0. The Kier molecular flexibility index (Phi) is 4.30. The third-order valence-corrected chi connectivity index (χ3v) is 4.45. The number of rotatable bonds is 5. The van der Waals surface area contributed by atoms with Crippen LogP contribution in [0.2, 0.25) is 0 Å². The molecule has 1 aliphatic rings. The second kappa shape index (κ2) is 6.35. The molecule has 0 saturated heterocycles. The van der Waals surface area contributed by atoms with E-state index in [2.05, 4.69) is 59.1 Å². The Morgan fingerprint density at radius 1 is 1.24 bits per heavy atom. The summed E-state index contributed by atoms with van der Waals surface area (Å²) in [5, 5.41) is 10.0. The zero-order valence-electron chi connectivity index (χ0n) is 12.7. The van der Waals surface area contributed by atoms with E-state index in [1.807, 2.05) is 0 Å². The lowest BCUT2D eigenvalue weighted by atomic mass is 9.95. The highest BCUT2D eigenvalue weighted by Gasteiger charge is 2.20. The Hall–Kier alpha value is -1.74. The molecular formula is C18H24N2O. The minimum absolute atomic E-state index is 0.248. The number of aliphatic hydroxyl groups excluding tert-OH is 1. The third-order valence-electron chi connectivity index (χ3n) is 4.45. The summed E-state index contributed by atoms with van der Waals surface area (Å²) in [6.45, 7) is 2.07. The summed E-state index contributed by atoms with van der Waals surface area (Å²) >= 11 is 0. The first-order valence-electron chi connectivity index (χ1n) is 7.88. The Morgan fingerprint density at radius 3 is 2.86 bits per heavy atom. The van der Waals surface area contributed by atoms with Gasteiger partial charge in [0, 0.05) is 43.3 Å². The van der Waals surface area contributed by atoms with E-state index in [1.54, 1.807) is 0 Å². The molecule has 0 amide bonds. The van der Waals surface area contributed by atoms with Gasteiger partial charge in [0.25, 0.3) is 0 Å². The molecule has 0 spiro atoms. The quantitative estimate of drug-likeness (QED) is 0.911. The number of para-hydroxylation sites is 1. The van der Waals surface area contributed by atoms with Crippen LogP contribution < -0.4 is 4.90 Å². The van der Waals surface area contributed by atoms with Crippen molar-refractivity contribution < 1.29 is 5.11 Å². The maximum atomic E-state index is 10.0. The van der Waals surface area contributed by atoms with Gasteiger partial charge in [-0.2, -0.15) is 0 Å². The van der Waals surface area contributed by atoms with Crippen molar-refractivity contribution in [1.82, 2.24) is 4.57 Å². The van der Waals surface area contributed by atoms with Crippen molar-refractivity contribution in [2.24, 2.45) is 0 Å². The normalized spacial score (nSPS) is 17.5. The first-order valence-corrected chi connectivity index (χ1v) is 7.88. The van der Waals surface area contributed by atoms with Gasteiger partial charge in [-0.05, 0) is 43.9 Å². The smallest absolute Gasteiger partial charge is 0.0807 e. The average Bonchev–Trinajstić information content (AvgIpc) is 2.93. The number of fused-ring (bicyclic) bond motifs is 1. The molecule has 1 atom stereocenters. The van der Waals surface area contributed by atoms with Gasteiger partial charge in [-0.15, -0.1) is 0 Å². The number of hydrogen-bond donors (Lipinski definition) is 1. The molecule has 2 aromatic rings. The Morgan fingerprint density at radius 2 is 2.05 bits per heavy atom. The fourth-order valence-corrected chi connectivity index (χ4v) is 3.23. The van der Waals surface area contributed by atoms with Gasteiger partial charge in [0.2, 0.25) is 0 Å². The number of aryl methyl sites for hydroxylation is 1. The Balaban J connectivity index is 1.57. The van der Waals surface area contributed by atoms with Crippen molar-refractivity contribution in [1.29, 1.82) is 0 Å². The molecule has 1 N–H and O–H groups in total. The molecule has 112 valence electrons. The maximum Gasteiger partial charge on any atom is 0.0807 e. The van der Waals surface area contributed by atoms with Crippen molar-refractivity contribution in [2.45, 2.75) is 38.3 Å². The van der Waals surface area contributed by atoms with Gasteiger partial charge in [-0.1, -0.05) is 18.2 Å². The van der Waals surface area contributed by atoms with Crippen LogP contribution in [0, 0.1) is 0 Å². The zero-order chi connectivity index (χ0) is 14.7. The lowest BCUT2D eigenvalue weighted by molar-refractivity contribution is 0.155. The zero-order valence-corrected chi connectivity index (χ0v) is 12.7. The molecule has 3 nitrogen and oxygen atoms in total. The fraction of sp³-hybridized carbons (Fsp3) is 0.444. The van der Waals surface area contributed by atoms with E-state index < -0.39 is 0 Å². The maximum absolute atomic E-state index is 10.0. The molecule has 3 heteroatoms. The van der Waals surface area contributed by atoms with Gasteiger partial charge in [0.1, 0.15) is 0 Å². The van der Waals surface area contributed by atoms with Crippen LogP contribution in [0.5, 0.6) is 0 Å². The molecule has 1 aliphatic carbocycles. The molecular weight excluding hydrogens is 260 g/mol. The lowest BCUT2D eigenvalue weighted by Crippen LogP contribution is -2.20. The highest BCUT2D eigenvalue weighted by molar-refractivity contribution is 5.44. The van der Waals surface area contributed by atoms with E-state index in [9.17, 15) is 5.11 Å². The second-order valence-corrected chi connectivity index (χ2v) is 5.93. The second-order valence-electron chi connectivity index (χ2n) is 5.93. The molecule has 1 aromatic heterocycles. The van der Waals surface area contributed by atoms with Crippen molar-refractivity contribution in [3.05, 3.63) is 53.9 Å². The van der Waals surface area contributed by atoms with Crippen LogP contribution in [0.4, 0.5) is 5.69 Å². The van der Waals surface area contributed by atoms with E-state index in [0.29, 0.717) is 0 Å². The van der Waals surface area contributed by atoms with Crippen LogP contribution in [0.3, 0.4) is 0 Å². The Bertz CT molecular complexity index is 576. The van der Waals surface area contributed by atoms with E-state index in [4.69, 9.17) is 0 Å². The fourth-order valence-electron chi connectivity index (χ4n) is 3.23. The first-order chi connectivity index (χ1) is 10.3. The molecule has 0 aliphatic heterocycles. The summed E-state index contributed by atoms with van der Waals surface area (Å²) in [6, 6.07) is 12.6. The number of aliphatic hydroxyl groups is 1. The standard InChI is InChI=1S/C18H24N2O/c1-19(15-7-3-2-4-8-15)12-6-13-20-14-11-16-17(20)9-5-10-18(16)21/h2-4,7-8,11,14,18,21H,5-6,9-10,12-13H2,1H3. The highest BCUT2D eigenvalue weighted by Crippen LogP contribution is 2.30. The van der Waals surface area contributed by atoms with Crippen molar-refractivity contribution in [3.63, 3.8) is 0 Å². The molecule has 0 radical (unpaired) electrons. The third kappa shape index (κ3) is 3.13. The molecule has 0 bridgehead atoms. The van der Waals surface area contributed by atoms with Crippen LogP contribution in [0.15, 0.2) is 42.6 Å². The predicted molar refractivity (Wildman–Crippen MR) is 86.7 cm³/mol. The topological polar surface area (TPSA) is 28.4 Å². The molecule has 1 aromatic carbocycles. The van der Waals surface area contributed by atoms with E-state index in [1.165, 1.54) is 11.4 Å². The van der Waals surface area contributed by atoms with Gasteiger partial charge in [0.05, 0.1) is 6.10 Å². The SMILES string of the molecule is CN(CCCn1ccc2c1CCCC2O)c1ccccc1. The summed E-state index contributed by atoms with van der Waals surface area (Å²) < 4.78 is 2.33. The van der Waals surface area contributed by atoms with Crippen LogP contribution in [0.1, 0.15) is 36.6 Å². The number of anilines is 1. The van der Waals surface area contributed by atoms with Gasteiger partial charge < -0.3 is 14.6 Å². The van der Waals surface area contributed by atoms with Crippen LogP contribution in [0.25, 0.3) is 0 Å². The summed E-state index contributed by atoms with van der Waals surface area (Å²) in [5.41, 5.74) is 3.76. The molecule has 1 heterocycles. The molecule has 0 fully saturated rings. The van der Waals surface area contributed by atoms with Gasteiger partial charge in [-0.25, -0.2) is 0 Å². The molecule has 0 saturated carbocycles. The number of aromatic nitrogens is 1. The van der Waals surface area contributed by atoms with E-state index in [-0.39, 0.29) is 6.10 Å². The van der Waals surface area contributed by atoms with Crippen molar-refractivity contribution >= 4 is 5.69 Å². The van der Waals surface area contributed by atoms with Crippen LogP contribution in [-0.2, 0) is 13.0 Å². The molecule has 21 heavy (non-hydrogen) atoms. The van der Waals surface area contributed by atoms with Crippen LogP contribution >= 0.6 is 0 Å². The van der Waals surface area contributed by atoms with Gasteiger partial charge in [0.15, 0.2) is 0 Å². The number of nitrogens with zero attached hydrogens (tertiary/aromatic N) is 2. The van der Waals surface area contributed by atoms with Crippen molar-refractivity contribution in [2.75, 3.05) is 18.5 Å². The van der Waals surface area contributed by atoms with Gasteiger partial charge >= 0.3 is 0 Å². The minimum atomic E-state index is -0.248. The van der Waals surface area contributed by atoms with E-state index >= 15 is 0 Å². The van der Waals surface area contributed by atoms with Crippen LogP contribution in [-0.4, -0.2) is 23.3 Å².